The van der Waals surface area contributed by atoms with Crippen LogP contribution < -0.4 is 9.80 Å². The average Bonchev–Trinajstić information content (AvgIpc) is 1.53. The van der Waals surface area contributed by atoms with Gasteiger partial charge in [-0.3, -0.25) is 0 Å². The predicted molar refractivity (Wildman–Crippen MR) is 329 cm³/mol. The van der Waals surface area contributed by atoms with Gasteiger partial charge in [0.1, 0.15) is 11.4 Å². The molecule has 0 fully saturated rings. The molecule has 0 radical (unpaired) electrons. The average molecular weight is 1180 g/mol. The molecule has 11 aromatic carbocycles. The number of nitrogens with zero attached hydrogens (tertiary/aromatic N) is 2. The molecule has 0 aromatic heterocycles. The largest absolute Gasteiger partial charge is 0.305 e. The van der Waals surface area contributed by atoms with Crippen molar-refractivity contribution in [3.8, 4) is 22.3 Å². The Kier molecular flexibility index (Phi) is 13.8. The molecule has 88 heavy (non-hydrogen) atoms. The molecule has 0 aliphatic heterocycles. The normalized spacial score (nSPS) is 15.3. The van der Waals surface area contributed by atoms with Gasteiger partial charge in [-0.05, 0) is 165 Å². The monoisotopic (exact) mass is 1180 g/mol. The van der Waals surface area contributed by atoms with Crippen LogP contribution >= 0.6 is 0 Å². The molecule has 13 rings (SSSR count). The number of aryl methyl sites for hydroxylation is 4. The quantitative estimate of drug-likeness (QED) is 0.0683. The Morgan fingerprint density at radius 2 is 0.602 bits per heavy atom. The molecule has 2 nitrogen and oxygen atoms in total. The van der Waals surface area contributed by atoms with Crippen LogP contribution in [-0.2, 0) is 10.8 Å². The molecule has 0 saturated carbocycles. The van der Waals surface area contributed by atoms with E-state index in [0.717, 1.165) is 87.7 Å². The lowest BCUT2D eigenvalue weighted by Gasteiger charge is -2.36. The van der Waals surface area contributed by atoms with Gasteiger partial charge >= 0.3 is 0 Å². The molecular weight excluding hydrogens is 1130 g/mol. The first-order valence-corrected chi connectivity index (χ1v) is 28.2. The number of rotatable bonds is 12. The second kappa shape index (κ2) is 21.3. The van der Waals surface area contributed by atoms with Crippen LogP contribution in [0.3, 0.4) is 0 Å². The summed E-state index contributed by atoms with van der Waals surface area (Å²) >= 11 is 0. The van der Waals surface area contributed by atoms with E-state index >= 15 is 43.9 Å². The lowest BCUT2D eigenvalue weighted by Crippen LogP contribution is -2.30. The zero-order valence-electron chi connectivity index (χ0n) is 47.7. The van der Waals surface area contributed by atoms with E-state index in [0.29, 0.717) is 22.3 Å². The van der Waals surface area contributed by atoms with Gasteiger partial charge < -0.3 is 9.80 Å². The van der Waals surface area contributed by atoms with Gasteiger partial charge in [-0.2, -0.15) is 0 Å². The molecule has 12 heteroatoms. The molecule has 2 atom stereocenters. The van der Waals surface area contributed by atoms with Gasteiger partial charge in [0.05, 0.1) is 10.8 Å². The van der Waals surface area contributed by atoms with E-state index in [1.807, 2.05) is 149 Å². The molecule has 434 valence electrons. The van der Waals surface area contributed by atoms with Gasteiger partial charge in [0.25, 0.3) is 0 Å². The van der Waals surface area contributed by atoms with Crippen LogP contribution in [0.2, 0.25) is 0 Å². The minimum absolute atomic E-state index is 0.0846. The van der Waals surface area contributed by atoms with E-state index in [9.17, 15) is 0 Å². The number of benzene rings is 11. The van der Waals surface area contributed by atoms with E-state index in [2.05, 4.69) is 25.3 Å². The van der Waals surface area contributed by atoms with Crippen LogP contribution in [0.4, 0.5) is 78.0 Å². The molecule has 0 N–H and O–H groups in total. The number of hydrogen-bond acceptors (Lipinski definition) is 2. The number of fused-ring (bicyclic) bond motifs is 6. The topological polar surface area (TPSA) is 6.48 Å². The maximum atomic E-state index is 16.8. The maximum absolute atomic E-state index is 16.8. The zero-order chi connectivity index (χ0) is 61.8. The fourth-order valence-corrected chi connectivity index (χ4v) is 13.5. The van der Waals surface area contributed by atoms with Crippen molar-refractivity contribution in [3.63, 3.8) is 0 Å². The van der Waals surface area contributed by atoms with E-state index in [-0.39, 0.29) is 22.7 Å². The van der Waals surface area contributed by atoms with Gasteiger partial charge in [0, 0.05) is 22.7 Å². The second-order valence-corrected chi connectivity index (χ2v) is 22.4. The first kappa shape index (κ1) is 56.9. The van der Waals surface area contributed by atoms with Crippen molar-refractivity contribution in [3.05, 3.63) is 343 Å². The van der Waals surface area contributed by atoms with Crippen molar-refractivity contribution in [2.75, 3.05) is 9.80 Å². The minimum atomic E-state index is -2.40. The van der Waals surface area contributed by atoms with Gasteiger partial charge in [-0.1, -0.05) is 182 Å². The van der Waals surface area contributed by atoms with E-state index in [4.69, 9.17) is 0 Å². The van der Waals surface area contributed by atoms with Crippen LogP contribution in [0.25, 0.3) is 34.4 Å². The van der Waals surface area contributed by atoms with Crippen molar-refractivity contribution in [1.82, 2.24) is 0 Å². The lowest BCUT2D eigenvalue weighted by atomic mass is 9.66. The molecule has 0 bridgehead atoms. The summed E-state index contributed by atoms with van der Waals surface area (Å²) in [4.78, 5) is 1.70. The van der Waals surface area contributed by atoms with Gasteiger partial charge in [0.2, 0.25) is 11.6 Å². The Bertz CT molecular complexity index is 4370. The SMILES string of the molecule is C=Cc1ccc(C2(c3cc(C)ccc3C)c3ccccc3-c3ccc(N(c4ccc(N(c5ccc6c(c5)C(c5ccc(C=C)cc5)(c5cc(C)ccc5C)c5ccccc5-6)c5c(F)c(F)c(F)c(F)c5F)cc4)c4c(F)c(F)c(F)c(F)c4F)cc32)cc1. The highest BCUT2D eigenvalue weighted by atomic mass is 19.2. The van der Waals surface area contributed by atoms with Crippen molar-refractivity contribution >= 4 is 46.3 Å². The number of anilines is 6. The smallest absolute Gasteiger partial charge is 0.200 e. The van der Waals surface area contributed by atoms with E-state index in [1.165, 1.54) is 36.4 Å². The van der Waals surface area contributed by atoms with Crippen molar-refractivity contribution in [2.45, 2.75) is 38.5 Å². The lowest BCUT2D eigenvalue weighted by molar-refractivity contribution is 0.380. The maximum Gasteiger partial charge on any atom is 0.200 e. The Morgan fingerprint density at radius 1 is 0.295 bits per heavy atom. The van der Waals surface area contributed by atoms with E-state index in [1.54, 1.807) is 36.4 Å². The van der Waals surface area contributed by atoms with Crippen molar-refractivity contribution in [1.29, 1.82) is 0 Å². The van der Waals surface area contributed by atoms with Crippen LogP contribution in [-0.4, -0.2) is 0 Å². The summed E-state index contributed by atoms with van der Waals surface area (Å²) in [5.41, 5.74) is 8.62. The summed E-state index contributed by atoms with van der Waals surface area (Å²) in [6, 6.07) is 57.3. The Labute approximate surface area is 501 Å². The van der Waals surface area contributed by atoms with Crippen LogP contribution in [0.15, 0.2) is 207 Å². The zero-order valence-corrected chi connectivity index (χ0v) is 47.7. The predicted octanol–water partition coefficient (Wildman–Crippen LogP) is 21.3. The first-order valence-electron chi connectivity index (χ1n) is 28.2. The van der Waals surface area contributed by atoms with Crippen LogP contribution in [0, 0.1) is 85.9 Å². The molecule has 2 aliphatic rings. The second-order valence-electron chi connectivity index (χ2n) is 22.4. The number of halogens is 10. The molecule has 2 aliphatic carbocycles. The highest BCUT2D eigenvalue weighted by Crippen LogP contribution is 2.61. The summed E-state index contributed by atoms with van der Waals surface area (Å²) in [5, 5.41) is 0. The Balaban J connectivity index is 1.06. The summed E-state index contributed by atoms with van der Waals surface area (Å²) < 4.78 is 161. The molecule has 0 amide bonds. The first-order chi connectivity index (χ1) is 42.4. The fraction of sp³-hybridized carbons (Fsp3) is 0.0789. The Hall–Kier alpha value is -10.2. The molecular formula is C76H50F10N2. The standard InChI is InChI=1S/C76H50F10N2/c1-7-45-21-25-47(26-22-45)75(59-37-41(3)17-19-43(59)5)57-15-11-9-13-53(57)55-35-33-51(39-61(55)75)87(73-69(83)65(79)63(77)66(80)70(73)84)49-29-31-50(32-30-49)88(74-71(85)67(81)64(78)68(82)72(74)86)52-34-36-56-54-14-10-12-16-58(54)76(62(56)40-52,48-27-23-46(8-2)24-28-48)60-38-42(4)18-20-44(60)6/h7-40H,1-2H2,3-6H3. The van der Waals surface area contributed by atoms with Gasteiger partial charge in [-0.25, -0.2) is 43.9 Å². The number of hydrogen-bond donors (Lipinski definition) is 0. The third-order valence-electron chi connectivity index (χ3n) is 17.5. The molecule has 11 aromatic rings. The van der Waals surface area contributed by atoms with Crippen LogP contribution in [0.1, 0.15) is 77.9 Å². The Morgan fingerprint density at radius 3 is 0.943 bits per heavy atom. The van der Waals surface area contributed by atoms with Gasteiger partial charge in [0.15, 0.2) is 46.5 Å². The molecule has 2 unspecified atom stereocenters. The fourth-order valence-electron chi connectivity index (χ4n) is 13.5. The summed E-state index contributed by atoms with van der Waals surface area (Å²) in [6.45, 7) is 15.7. The summed E-state index contributed by atoms with van der Waals surface area (Å²) in [7, 11) is 0. The minimum Gasteiger partial charge on any atom is -0.305 e. The third-order valence-corrected chi connectivity index (χ3v) is 17.5. The van der Waals surface area contributed by atoms with Crippen LogP contribution in [0.5, 0.6) is 0 Å². The molecule has 0 saturated heterocycles. The van der Waals surface area contributed by atoms with Gasteiger partial charge in [-0.15, -0.1) is 0 Å². The molecule has 0 spiro atoms. The highest BCUT2D eigenvalue weighted by Gasteiger charge is 2.49. The summed E-state index contributed by atoms with van der Waals surface area (Å²) in [6.07, 6.45) is 3.40. The van der Waals surface area contributed by atoms with E-state index < -0.39 is 80.4 Å². The third kappa shape index (κ3) is 8.32. The van der Waals surface area contributed by atoms with Crippen molar-refractivity contribution in [2.24, 2.45) is 0 Å². The highest BCUT2D eigenvalue weighted by molar-refractivity contribution is 5.93. The molecule has 0 heterocycles. The van der Waals surface area contributed by atoms with Crippen molar-refractivity contribution < 1.29 is 43.9 Å². The summed E-state index contributed by atoms with van der Waals surface area (Å²) in [5.74, 6) is -22.5.